The lowest BCUT2D eigenvalue weighted by atomic mass is 10.4. The van der Waals surface area contributed by atoms with Crippen molar-refractivity contribution in [1.82, 2.24) is 0 Å². The Morgan fingerprint density at radius 1 is 1.90 bits per heavy atom. The number of carbonyl (C=O) groups excluding carboxylic acids is 1. The van der Waals surface area contributed by atoms with Crippen LogP contribution in [0.2, 0.25) is 0 Å². The number of esters is 1. The standard InChI is InChI=1S/C5H8O3S2/c1-3(6)5(10)8-4(7)2-9/h3,6,9H,2H2,1H3. The summed E-state index contributed by atoms with van der Waals surface area (Å²) in [6, 6.07) is 0. The van der Waals surface area contributed by atoms with Gasteiger partial charge < -0.3 is 9.84 Å². The number of thiocarbonyl (C=S) groups is 1. The number of ether oxygens (including phenoxy) is 1. The topological polar surface area (TPSA) is 46.5 Å². The van der Waals surface area contributed by atoms with E-state index in [0.29, 0.717) is 0 Å². The van der Waals surface area contributed by atoms with Gasteiger partial charge in [-0.1, -0.05) is 0 Å². The summed E-state index contributed by atoms with van der Waals surface area (Å²) in [5.41, 5.74) is 0. The lowest BCUT2D eigenvalue weighted by Gasteiger charge is -2.04. The van der Waals surface area contributed by atoms with Crippen molar-refractivity contribution in [2.75, 3.05) is 5.75 Å². The number of thiol groups is 1. The van der Waals surface area contributed by atoms with Gasteiger partial charge in [0, 0.05) is 0 Å². The molecule has 0 radical (unpaired) electrons. The molecule has 0 aromatic heterocycles. The molecular formula is C5H8O3S2. The largest absolute Gasteiger partial charge is 0.416 e. The number of hydrogen-bond donors (Lipinski definition) is 2. The first-order valence-corrected chi connectivity index (χ1v) is 3.65. The molecule has 0 fully saturated rings. The van der Waals surface area contributed by atoms with Gasteiger partial charge in [-0.25, -0.2) is 0 Å². The predicted molar refractivity (Wildman–Crippen MR) is 44.2 cm³/mol. The van der Waals surface area contributed by atoms with E-state index in [1.807, 2.05) is 0 Å². The number of carbonyl (C=O) groups is 1. The average Bonchev–Trinajstić information content (AvgIpc) is 1.87. The van der Waals surface area contributed by atoms with E-state index in [4.69, 9.17) is 5.11 Å². The summed E-state index contributed by atoms with van der Waals surface area (Å²) < 4.78 is 4.43. The second-order valence-corrected chi connectivity index (χ2v) is 2.35. The Labute approximate surface area is 69.8 Å². The minimum Gasteiger partial charge on any atom is -0.416 e. The van der Waals surface area contributed by atoms with Crippen LogP contribution >= 0.6 is 24.8 Å². The molecule has 1 unspecified atom stereocenters. The Balaban J connectivity index is 3.69. The third-order valence-electron chi connectivity index (χ3n) is 0.685. The van der Waals surface area contributed by atoms with Gasteiger partial charge in [0.1, 0.15) is 6.10 Å². The van der Waals surface area contributed by atoms with Crippen LogP contribution in [0.15, 0.2) is 0 Å². The van der Waals surface area contributed by atoms with Crippen molar-refractivity contribution in [3.8, 4) is 0 Å². The molecule has 0 aromatic carbocycles. The van der Waals surface area contributed by atoms with Crippen LogP contribution in [-0.4, -0.2) is 28.0 Å². The SMILES string of the molecule is CC(O)C(=S)OC(=O)CS. The summed E-state index contributed by atoms with van der Waals surface area (Å²) in [5, 5.41) is 8.61. The normalized spacial score (nSPS) is 12.3. The molecule has 5 heteroatoms. The van der Waals surface area contributed by atoms with Crippen molar-refractivity contribution in [2.24, 2.45) is 0 Å². The third kappa shape index (κ3) is 3.81. The van der Waals surface area contributed by atoms with E-state index in [9.17, 15) is 4.79 Å². The minimum atomic E-state index is -0.890. The zero-order valence-corrected chi connectivity index (χ0v) is 7.11. The molecule has 0 aliphatic carbocycles. The second-order valence-electron chi connectivity index (χ2n) is 1.63. The number of aliphatic hydroxyl groups excluding tert-OH is 1. The van der Waals surface area contributed by atoms with Gasteiger partial charge in [0.05, 0.1) is 5.75 Å². The van der Waals surface area contributed by atoms with Crippen molar-refractivity contribution in [2.45, 2.75) is 13.0 Å². The van der Waals surface area contributed by atoms with Crippen LogP contribution in [0.1, 0.15) is 6.92 Å². The zero-order chi connectivity index (χ0) is 8.15. The summed E-state index contributed by atoms with van der Waals surface area (Å²) in [4.78, 5) is 10.4. The maximum absolute atomic E-state index is 10.4. The second kappa shape index (κ2) is 4.65. The van der Waals surface area contributed by atoms with Crippen molar-refractivity contribution >= 4 is 35.9 Å². The van der Waals surface area contributed by atoms with Crippen LogP contribution < -0.4 is 0 Å². The van der Waals surface area contributed by atoms with Gasteiger partial charge in [0.2, 0.25) is 0 Å². The Morgan fingerprint density at radius 2 is 2.40 bits per heavy atom. The Morgan fingerprint density at radius 3 is 2.70 bits per heavy atom. The van der Waals surface area contributed by atoms with Gasteiger partial charge in [-0.3, -0.25) is 4.79 Å². The van der Waals surface area contributed by atoms with Gasteiger partial charge >= 0.3 is 5.97 Å². The smallest absolute Gasteiger partial charge is 0.321 e. The molecule has 0 aromatic rings. The molecule has 1 atom stereocenters. The monoisotopic (exact) mass is 180 g/mol. The fraction of sp³-hybridized carbons (Fsp3) is 0.600. The fourth-order valence-electron chi connectivity index (χ4n) is 0.230. The van der Waals surface area contributed by atoms with Gasteiger partial charge in [0.25, 0.3) is 0 Å². The van der Waals surface area contributed by atoms with Crippen LogP contribution in [0.3, 0.4) is 0 Å². The van der Waals surface area contributed by atoms with E-state index in [0.717, 1.165) is 0 Å². The molecule has 0 heterocycles. The summed E-state index contributed by atoms with van der Waals surface area (Å²) in [6.07, 6.45) is -0.890. The zero-order valence-electron chi connectivity index (χ0n) is 5.40. The van der Waals surface area contributed by atoms with Gasteiger partial charge in [-0.2, -0.15) is 12.6 Å². The molecule has 0 spiro atoms. The Hall–Kier alpha value is -0.130. The molecule has 58 valence electrons. The van der Waals surface area contributed by atoms with E-state index < -0.39 is 12.1 Å². The number of aliphatic hydroxyl groups is 1. The third-order valence-corrected chi connectivity index (χ3v) is 1.37. The van der Waals surface area contributed by atoms with Crippen molar-refractivity contribution in [3.63, 3.8) is 0 Å². The molecule has 0 saturated carbocycles. The molecule has 0 amide bonds. The summed E-state index contributed by atoms with van der Waals surface area (Å²) in [5.74, 6) is -0.582. The molecule has 0 aliphatic heterocycles. The first kappa shape index (κ1) is 9.87. The van der Waals surface area contributed by atoms with Crippen molar-refractivity contribution in [1.29, 1.82) is 0 Å². The van der Waals surface area contributed by atoms with Crippen LogP contribution in [0.25, 0.3) is 0 Å². The fourth-order valence-corrected chi connectivity index (χ4v) is 0.387. The molecule has 0 aliphatic rings. The van der Waals surface area contributed by atoms with Crippen molar-refractivity contribution < 1.29 is 14.6 Å². The molecule has 1 N–H and O–H groups in total. The Bertz CT molecular complexity index is 144. The van der Waals surface area contributed by atoms with E-state index in [2.05, 4.69) is 29.6 Å². The van der Waals surface area contributed by atoms with Gasteiger partial charge in [0.15, 0.2) is 5.05 Å². The highest BCUT2D eigenvalue weighted by Gasteiger charge is 2.09. The minimum absolute atomic E-state index is 0.0349. The van der Waals surface area contributed by atoms with E-state index in [-0.39, 0.29) is 10.8 Å². The van der Waals surface area contributed by atoms with Crippen LogP contribution in [0.4, 0.5) is 0 Å². The molecule has 10 heavy (non-hydrogen) atoms. The molecule has 0 saturated heterocycles. The van der Waals surface area contributed by atoms with E-state index in [1.54, 1.807) is 0 Å². The predicted octanol–water partition coefficient (Wildman–Crippen LogP) is 0.168. The van der Waals surface area contributed by atoms with E-state index in [1.165, 1.54) is 6.92 Å². The quantitative estimate of drug-likeness (QED) is 0.361. The van der Waals surface area contributed by atoms with Gasteiger partial charge in [-0.05, 0) is 19.1 Å². The highest BCUT2D eigenvalue weighted by atomic mass is 32.1. The van der Waals surface area contributed by atoms with E-state index >= 15 is 0 Å². The number of hydrogen-bond acceptors (Lipinski definition) is 5. The van der Waals surface area contributed by atoms with Crippen LogP contribution in [0.5, 0.6) is 0 Å². The average molecular weight is 180 g/mol. The van der Waals surface area contributed by atoms with Crippen LogP contribution in [-0.2, 0) is 9.53 Å². The lowest BCUT2D eigenvalue weighted by Crippen LogP contribution is -2.21. The number of rotatable bonds is 2. The molecular weight excluding hydrogens is 172 g/mol. The maximum atomic E-state index is 10.4. The van der Waals surface area contributed by atoms with Crippen molar-refractivity contribution in [3.05, 3.63) is 0 Å². The maximum Gasteiger partial charge on any atom is 0.321 e. The Kier molecular flexibility index (Phi) is 4.59. The molecule has 3 nitrogen and oxygen atoms in total. The molecule has 0 bridgehead atoms. The first-order chi connectivity index (χ1) is 4.57. The summed E-state index contributed by atoms with van der Waals surface area (Å²) in [6.45, 7) is 1.42. The lowest BCUT2D eigenvalue weighted by molar-refractivity contribution is -0.132. The van der Waals surface area contributed by atoms with Crippen LogP contribution in [0, 0.1) is 0 Å². The molecule has 0 rings (SSSR count). The highest BCUT2D eigenvalue weighted by Crippen LogP contribution is 1.92. The summed E-state index contributed by atoms with van der Waals surface area (Å²) in [7, 11) is 0. The summed E-state index contributed by atoms with van der Waals surface area (Å²) >= 11 is 8.14. The van der Waals surface area contributed by atoms with Gasteiger partial charge in [-0.15, -0.1) is 0 Å². The first-order valence-electron chi connectivity index (χ1n) is 2.61. The highest BCUT2D eigenvalue weighted by molar-refractivity contribution is 7.81.